The van der Waals surface area contributed by atoms with Crippen molar-refractivity contribution in [2.24, 2.45) is 0 Å². The minimum absolute atomic E-state index is 0.471. The minimum Gasteiger partial charge on any atom is -0.384 e. The van der Waals surface area contributed by atoms with Crippen LogP contribution in [0.5, 0.6) is 0 Å². The van der Waals surface area contributed by atoms with E-state index >= 15 is 0 Å². The fourth-order valence-electron chi connectivity index (χ4n) is 1.43. The highest BCUT2D eigenvalue weighted by atomic mass is 79.9. The van der Waals surface area contributed by atoms with Gasteiger partial charge in [-0.3, -0.25) is 0 Å². The second-order valence-corrected chi connectivity index (χ2v) is 6.96. The van der Waals surface area contributed by atoms with Crippen molar-refractivity contribution in [1.29, 1.82) is 0 Å². The normalized spacial score (nSPS) is 12.8. The van der Waals surface area contributed by atoms with Gasteiger partial charge in [-0.15, -0.1) is 11.3 Å². The summed E-state index contributed by atoms with van der Waals surface area (Å²) < 4.78 is 1.85. The average molecular weight is 372 g/mol. The summed E-state index contributed by atoms with van der Waals surface area (Å²) in [4.78, 5) is 0. The van der Waals surface area contributed by atoms with E-state index in [-0.39, 0.29) is 0 Å². The summed E-state index contributed by atoms with van der Waals surface area (Å²) in [6, 6.07) is 6.93. The zero-order valence-corrected chi connectivity index (χ0v) is 12.9. The Balaban J connectivity index is 2.46. The molecule has 2 rings (SSSR count). The van der Waals surface area contributed by atoms with E-state index in [4.69, 9.17) is 34.8 Å². The SMILES string of the molecule is OC(c1cc(Br)ccc1Cl)c1cc(Cl)sc1Cl. The van der Waals surface area contributed by atoms with E-state index in [0.29, 0.717) is 24.8 Å². The molecular weight excluding hydrogens is 366 g/mol. The van der Waals surface area contributed by atoms with Crippen LogP contribution in [-0.4, -0.2) is 5.11 Å². The summed E-state index contributed by atoms with van der Waals surface area (Å²) in [5, 5.41) is 10.7. The lowest BCUT2D eigenvalue weighted by molar-refractivity contribution is 0.221. The molecule has 2 aromatic rings. The third-order valence-corrected chi connectivity index (χ3v) is 4.59. The Bertz CT molecular complexity index is 556. The summed E-state index contributed by atoms with van der Waals surface area (Å²) in [6.07, 6.45) is -0.878. The van der Waals surface area contributed by atoms with E-state index in [1.807, 2.05) is 0 Å². The van der Waals surface area contributed by atoms with Crippen molar-refractivity contribution in [3.8, 4) is 0 Å². The van der Waals surface area contributed by atoms with Gasteiger partial charge in [0.25, 0.3) is 0 Å². The first kappa shape index (κ1) is 13.7. The quantitative estimate of drug-likeness (QED) is 0.732. The maximum absolute atomic E-state index is 10.2. The molecule has 0 aliphatic rings. The van der Waals surface area contributed by atoms with Gasteiger partial charge in [-0.25, -0.2) is 0 Å². The van der Waals surface area contributed by atoms with Gasteiger partial charge in [-0.1, -0.05) is 50.7 Å². The maximum atomic E-state index is 10.2. The van der Waals surface area contributed by atoms with Crippen LogP contribution >= 0.6 is 62.1 Å². The Kier molecular flexibility index (Phi) is 4.40. The van der Waals surface area contributed by atoms with Crippen LogP contribution in [0.25, 0.3) is 0 Å². The molecule has 0 aliphatic carbocycles. The lowest BCUT2D eigenvalue weighted by Gasteiger charge is -2.12. The molecular formula is C11H6BrCl3OS. The van der Waals surface area contributed by atoms with E-state index in [1.54, 1.807) is 24.3 Å². The van der Waals surface area contributed by atoms with E-state index < -0.39 is 6.10 Å². The van der Waals surface area contributed by atoms with Gasteiger partial charge < -0.3 is 5.11 Å². The molecule has 0 radical (unpaired) electrons. The third kappa shape index (κ3) is 2.98. The van der Waals surface area contributed by atoms with Crippen LogP contribution in [0.4, 0.5) is 0 Å². The van der Waals surface area contributed by atoms with Gasteiger partial charge >= 0.3 is 0 Å². The van der Waals surface area contributed by atoms with Crippen LogP contribution in [0, 0.1) is 0 Å². The zero-order chi connectivity index (χ0) is 12.6. The number of benzene rings is 1. The van der Waals surface area contributed by atoms with Gasteiger partial charge in [0.15, 0.2) is 0 Å². The third-order valence-electron chi connectivity index (χ3n) is 2.23. The van der Waals surface area contributed by atoms with E-state index in [9.17, 15) is 5.11 Å². The molecule has 1 aromatic carbocycles. The van der Waals surface area contributed by atoms with Crippen LogP contribution in [-0.2, 0) is 0 Å². The van der Waals surface area contributed by atoms with Gasteiger partial charge in [0.1, 0.15) is 10.4 Å². The van der Waals surface area contributed by atoms with Crippen molar-refractivity contribution >= 4 is 62.1 Å². The smallest absolute Gasteiger partial charge is 0.108 e. The standard InChI is InChI=1S/C11H6BrCl3OS/c12-5-1-2-8(13)6(3-5)10(16)7-4-9(14)17-11(7)15/h1-4,10,16H. The summed E-state index contributed by atoms with van der Waals surface area (Å²) >= 11 is 22.4. The van der Waals surface area contributed by atoms with Crippen molar-refractivity contribution in [2.75, 3.05) is 0 Å². The van der Waals surface area contributed by atoms with Gasteiger partial charge in [0.2, 0.25) is 0 Å². The molecule has 1 heterocycles. The second kappa shape index (κ2) is 5.47. The number of hydrogen-bond acceptors (Lipinski definition) is 2. The number of aliphatic hydroxyl groups excluding tert-OH is 1. The number of halogens is 4. The minimum atomic E-state index is -0.878. The maximum Gasteiger partial charge on any atom is 0.108 e. The molecule has 1 unspecified atom stereocenters. The number of thiophene rings is 1. The lowest BCUT2D eigenvalue weighted by atomic mass is 10.0. The van der Waals surface area contributed by atoms with Crippen molar-refractivity contribution in [3.63, 3.8) is 0 Å². The van der Waals surface area contributed by atoms with Crippen LogP contribution in [0.1, 0.15) is 17.2 Å². The predicted octanol–water partition coefficient (Wildman–Crippen LogP) is 5.55. The van der Waals surface area contributed by atoms with E-state index in [2.05, 4.69) is 15.9 Å². The molecule has 0 bridgehead atoms. The van der Waals surface area contributed by atoms with Crippen molar-refractivity contribution < 1.29 is 5.11 Å². The Labute approximate surface area is 126 Å². The largest absolute Gasteiger partial charge is 0.384 e. The first-order valence-corrected chi connectivity index (χ1v) is 7.31. The van der Waals surface area contributed by atoms with Crippen molar-refractivity contribution in [3.05, 3.63) is 53.6 Å². The molecule has 1 atom stereocenters. The highest BCUT2D eigenvalue weighted by molar-refractivity contribution is 9.10. The number of hydrogen-bond donors (Lipinski definition) is 1. The molecule has 1 aromatic heterocycles. The number of rotatable bonds is 2. The summed E-state index contributed by atoms with van der Waals surface area (Å²) in [6.45, 7) is 0. The first-order valence-electron chi connectivity index (χ1n) is 4.57. The fourth-order valence-corrected chi connectivity index (χ4v) is 3.55. The monoisotopic (exact) mass is 370 g/mol. The van der Waals surface area contributed by atoms with Gasteiger partial charge in [0.05, 0.1) is 4.34 Å². The van der Waals surface area contributed by atoms with Crippen LogP contribution in [0.15, 0.2) is 28.7 Å². The first-order chi connectivity index (χ1) is 7.99. The molecule has 0 aliphatic heterocycles. The molecule has 0 fully saturated rings. The van der Waals surface area contributed by atoms with Crippen LogP contribution in [0.3, 0.4) is 0 Å². The predicted molar refractivity (Wildman–Crippen MR) is 77.6 cm³/mol. The Morgan fingerprint density at radius 1 is 1.12 bits per heavy atom. The van der Waals surface area contributed by atoms with Crippen molar-refractivity contribution in [1.82, 2.24) is 0 Å². The topological polar surface area (TPSA) is 20.2 Å². The van der Waals surface area contributed by atoms with Crippen LogP contribution < -0.4 is 0 Å². The summed E-state index contributed by atoms with van der Waals surface area (Å²) in [5.74, 6) is 0. The Morgan fingerprint density at radius 3 is 2.41 bits per heavy atom. The van der Waals surface area contributed by atoms with Crippen molar-refractivity contribution in [2.45, 2.75) is 6.10 Å². The zero-order valence-electron chi connectivity index (χ0n) is 8.25. The second-order valence-electron chi connectivity index (χ2n) is 3.35. The molecule has 0 saturated carbocycles. The molecule has 0 amide bonds. The lowest BCUT2D eigenvalue weighted by Crippen LogP contribution is -1.99. The van der Waals surface area contributed by atoms with Gasteiger partial charge in [0, 0.05) is 20.6 Å². The number of aliphatic hydroxyl groups is 1. The fraction of sp³-hybridized carbons (Fsp3) is 0.0909. The molecule has 0 spiro atoms. The Morgan fingerprint density at radius 2 is 1.82 bits per heavy atom. The molecule has 1 N–H and O–H groups in total. The van der Waals surface area contributed by atoms with Crippen LogP contribution in [0.2, 0.25) is 13.7 Å². The summed E-state index contributed by atoms with van der Waals surface area (Å²) in [7, 11) is 0. The van der Waals surface area contributed by atoms with Gasteiger partial charge in [-0.2, -0.15) is 0 Å². The highest BCUT2D eigenvalue weighted by Gasteiger charge is 2.19. The van der Waals surface area contributed by atoms with Gasteiger partial charge in [-0.05, 0) is 24.3 Å². The molecule has 90 valence electrons. The van der Waals surface area contributed by atoms with E-state index in [0.717, 1.165) is 4.47 Å². The summed E-state index contributed by atoms with van der Waals surface area (Å²) in [5.41, 5.74) is 1.17. The average Bonchev–Trinajstić information content (AvgIpc) is 2.60. The van der Waals surface area contributed by atoms with E-state index in [1.165, 1.54) is 11.3 Å². The molecule has 6 heteroatoms. The molecule has 1 nitrogen and oxygen atoms in total. The molecule has 17 heavy (non-hydrogen) atoms. The Hall–Kier alpha value is 0.230. The molecule has 0 saturated heterocycles. The highest BCUT2D eigenvalue weighted by Crippen LogP contribution is 2.39.